The second kappa shape index (κ2) is 25.2. The van der Waals surface area contributed by atoms with Crippen molar-refractivity contribution in [2.75, 3.05) is 37.8 Å². The number of aliphatic hydroxyl groups is 3. The molecule has 27 nitrogen and oxygen atoms in total. The number of anilines is 1. The second-order valence-corrected chi connectivity index (χ2v) is 20.6. The number of carboxylic acid groups (broad SMARTS) is 1. The maximum atomic E-state index is 12.7. The van der Waals surface area contributed by atoms with Crippen molar-refractivity contribution in [2.24, 2.45) is 5.41 Å². The van der Waals surface area contributed by atoms with Crippen molar-refractivity contribution >= 4 is 75.1 Å². The fourth-order valence-corrected chi connectivity index (χ4v) is 9.51. The van der Waals surface area contributed by atoms with Gasteiger partial charge in [-0.1, -0.05) is 51.3 Å². The molecule has 364 valence electrons. The molecular formula is C33H56N7O20P3S. The first-order valence-electron chi connectivity index (χ1n) is 19.8. The molecule has 31 heteroatoms. The molecule has 1 saturated heterocycles. The number of nitrogen functional groups attached to an aromatic ring is 1. The smallest absolute Gasteiger partial charge is 0.481 e. The summed E-state index contributed by atoms with van der Waals surface area (Å²) < 4.78 is 62.2. The molecule has 1 fully saturated rings. The standard InChI is InChI=1S/C33H56N7O20P3S/c1-33(2,28(47)31(48)36-13-12-22(42)35-14-15-64-24(45)11-10-20(41)8-6-4-3-5-7-9-23(43)44)17-57-63(54,55)60-62(52,53)56-16-21-27(59-61(49,50)51)26(46)32(58-21)40-19-39-25-29(34)37-18-38-30(25)40/h18-21,26-28,32,41,46-47H,3-17H2,1-2H3,(H,35,42)(H,36,48)(H,43,44)(H,52,53)(H,54,55)(H2,34,37,38)(H2,49,50,51). The largest absolute Gasteiger partial charge is 0.481 e. The van der Waals surface area contributed by atoms with E-state index in [1.165, 1.54) is 13.8 Å². The molecule has 3 heterocycles. The quantitative estimate of drug-likeness (QED) is 0.0377. The fourth-order valence-electron chi connectivity index (χ4n) is 5.98. The molecular weight excluding hydrogens is 939 g/mol. The molecule has 8 atom stereocenters. The summed E-state index contributed by atoms with van der Waals surface area (Å²) in [6, 6.07) is 0. The van der Waals surface area contributed by atoms with Gasteiger partial charge in [0.15, 0.2) is 22.8 Å². The van der Waals surface area contributed by atoms with Crippen LogP contribution in [0.3, 0.4) is 0 Å². The van der Waals surface area contributed by atoms with Crippen LogP contribution in [0, 0.1) is 5.41 Å². The topological polar surface area (TPSA) is 421 Å². The first-order valence-corrected chi connectivity index (χ1v) is 25.3. The Balaban J connectivity index is 1.36. The minimum Gasteiger partial charge on any atom is -0.481 e. The molecule has 2 amide bonds. The number of carbonyl (C=O) groups excluding carboxylic acids is 3. The predicted molar refractivity (Wildman–Crippen MR) is 222 cm³/mol. The van der Waals surface area contributed by atoms with Crippen LogP contribution < -0.4 is 16.4 Å². The normalized spacial score (nSPS) is 20.9. The molecule has 0 bridgehead atoms. The van der Waals surface area contributed by atoms with Gasteiger partial charge in [-0.15, -0.1) is 0 Å². The van der Waals surface area contributed by atoms with Crippen molar-refractivity contribution in [1.82, 2.24) is 30.2 Å². The number of aromatic nitrogens is 4. The van der Waals surface area contributed by atoms with Gasteiger partial charge < -0.3 is 61.1 Å². The van der Waals surface area contributed by atoms with Crippen molar-refractivity contribution in [3.05, 3.63) is 12.7 Å². The van der Waals surface area contributed by atoms with E-state index in [0.29, 0.717) is 19.3 Å². The number of carbonyl (C=O) groups is 4. The zero-order valence-electron chi connectivity index (χ0n) is 34.8. The number of unbranched alkanes of at least 4 members (excludes halogenated alkanes) is 4. The summed E-state index contributed by atoms with van der Waals surface area (Å²) in [6.07, 6.45) is -2.61. The number of carboxylic acids is 1. The monoisotopic (exact) mass is 995 g/mol. The van der Waals surface area contributed by atoms with Gasteiger partial charge in [-0.3, -0.25) is 37.3 Å². The number of amides is 2. The molecule has 0 aromatic carbocycles. The first kappa shape index (κ1) is 55.3. The SMILES string of the molecule is CC(C)(COP(=O)(O)OP(=O)(O)OCC1OC(n2cnc3c(N)ncnc32)C(O)C1OP(=O)(O)O)C(O)C(=O)NCCC(=O)NCCSC(=O)CCC(O)CCCCCCCC(=O)O. The minimum atomic E-state index is -5.59. The number of fused-ring (bicyclic) bond motifs is 1. The molecule has 1 aliphatic heterocycles. The van der Waals surface area contributed by atoms with Crippen molar-refractivity contribution in [3.8, 4) is 0 Å². The van der Waals surface area contributed by atoms with Crippen LogP contribution in [0.5, 0.6) is 0 Å². The van der Waals surface area contributed by atoms with Crippen molar-refractivity contribution < 1.29 is 95.5 Å². The van der Waals surface area contributed by atoms with Crippen LogP contribution in [-0.4, -0.2) is 145 Å². The summed E-state index contributed by atoms with van der Waals surface area (Å²) in [4.78, 5) is 98.6. The zero-order chi connectivity index (χ0) is 47.9. The second-order valence-electron chi connectivity index (χ2n) is 15.2. The number of aliphatic carboxylic acids is 1. The molecule has 0 radical (unpaired) electrons. The molecule has 2 aromatic heterocycles. The van der Waals surface area contributed by atoms with Crippen molar-refractivity contribution in [1.29, 1.82) is 0 Å². The molecule has 0 saturated carbocycles. The third-order valence-corrected chi connectivity index (χ3v) is 13.4. The van der Waals surface area contributed by atoms with Crippen LogP contribution in [0.1, 0.15) is 84.3 Å². The Labute approximate surface area is 370 Å². The molecule has 8 unspecified atom stereocenters. The van der Waals surface area contributed by atoms with E-state index in [0.717, 1.165) is 54.7 Å². The number of nitrogens with one attached hydrogen (secondary N) is 2. The van der Waals surface area contributed by atoms with Crippen LogP contribution >= 0.6 is 35.2 Å². The number of nitrogens with two attached hydrogens (primary N) is 1. The molecule has 0 aliphatic carbocycles. The highest BCUT2D eigenvalue weighted by Gasteiger charge is 2.50. The van der Waals surface area contributed by atoms with E-state index in [4.69, 9.17) is 24.6 Å². The van der Waals surface area contributed by atoms with Gasteiger partial charge in [-0.2, -0.15) is 4.31 Å². The van der Waals surface area contributed by atoms with Gasteiger partial charge in [0.1, 0.15) is 36.3 Å². The average Bonchev–Trinajstić information content (AvgIpc) is 3.76. The number of hydrogen-bond donors (Lipinski definition) is 11. The Bertz CT molecular complexity index is 2030. The van der Waals surface area contributed by atoms with Gasteiger partial charge in [0.2, 0.25) is 11.8 Å². The van der Waals surface area contributed by atoms with Crippen LogP contribution in [0.15, 0.2) is 12.7 Å². The summed E-state index contributed by atoms with van der Waals surface area (Å²) >= 11 is 0.993. The van der Waals surface area contributed by atoms with Gasteiger partial charge in [0.05, 0.1) is 25.6 Å². The number of imidazole rings is 1. The number of aliphatic hydroxyl groups excluding tert-OH is 3. The molecule has 0 spiro atoms. The van der Waals surface area contributed by atoms with Crippen LogP contribution in [-0.2, 0) is 55.5 Å². The molecule has 64 heavy (non-hydrogen) atoms. The fraction of sp³-hybridized carbons (Fsp3) is 0.727. The maximum Gasteiger partial charge on any atom is 0.481 e. The lowest BCUT2D eigenvalue weighted by atomic mass is 9.87. The molecule has 2 aromatic rings. The number of hydrogen-bond acceptors (Lipinski definition) is 20. The Kier molecular flexibility index (Phi) is 21.8. The van der Waals surface area contributed by atoms with E-state index < -0.39 is 96.6 Å². The minimum absolute atomic E-state index is 0.0207. The van der Waals surface area contributed by atoms with Gasteiger partial charge in [-0.05, 0) is 19.3 Å². The zero-order valence-corrected chi connectivity index (χ0v) is 38.3. The Morgan fingerprint density at radius 2 is 1.59 bits per heavy atom. The number of thioether (sulfide) groups is 1. The maximum absolute atomic E-state index is 12.7. The van der Waals surface area contributed by atoms with E-state index in [2.05, 4.69) is 34.4 Å². The molecule has 3 rings (SSSR count). The Morgan fingerprint density at radius 3 is 2.28 bits per heavy atom. The molecule has 1 aliphatic rings. The summed E-state index contributed by atoms with van der Waals surface area (Å²) in [7, 11) is -16.5. The van der Waals surface area contributed by atoms with Crippen LogP contribution in [0.4, 0.5) is 5.82 Å². The van der Waals surface area contributed by atoms with E-state index in [9.17, 15) is 67.8 Å². The number of rotatable bonds is 30. The third-order valence-electron chi connectivity index (χ3n) is 9.37. The van der Waals surface area contributed by atoms with E-state index >= 15 is 0 Å². The summed E-state index contributed by atoms with van der Waals surface area (Å²) in [6.45, 7) is 0.313. The van der Waals surface area contributed by atoms with Gasteiger partial charge in [-0.25, -0.2) is 28.6 Å². The summed E-state index contributed by atoms with van der Waals surface area (Å²) in [5.74, 6) is -2.10. The van der Waals surface area contributed by atoms with Crippen LogP contribution in [0.2, 0.25) is 0 Å². The first-order chi connectivity index (χ1) is 29.8. The third kappa shape index (κ3) is 19.1. The lowest BCUT2D eigenvalue weighted by Crippen LogP contribution is -2.46. The average molecular weight is 996 g/mol. The van der Waals surface area contributed by atoms with E-state index in [-0.39, 0.29) is 60.2 Å². The van der Waals surface area contributed by atoms with Gasteiger partial charge in [0, 0.05) is 43.5 Å². The Morgan fingerprint density at radius 1 is 0.922 bits per heavy atom. The van der Waals surface area contributed by atoms with Crippen molar-refractivity contribution in [2.45, 2.75) is 115 Å². The van der Waals surface area contributed by atoms with Crippen LogP contribution in [0.25, 0.3) is 11.2 Å². The lowest BCUT2D eigenvalue weighted by molar-refractivity contribution is -0.137. The number of phosphoric acid groups is 3. The lowest BCUT2D eigenvalue weighted by Gasteiger charge is -2.30. The highest BCUT2D eigenvalue weighted by atomic mass is 32.2. The highest BCUT2D eigenvalue weighted by Crippen LogP contribution is 2.61. The number of ether oxygens (including phenoxy) is 1. The summed E-state index contributed by atoms with van der Waals surface area (Å²) in [5.41, 5.74) is 4.22. The Hall–Kier alpha value is -3.01. The van der Waals surface area contributed by atoms with Crippen molar-refractivity contribution in [3.63, 3.8) is 0 Å². The highest BCUT2D eigenvalue weighted by molar-refractivity contribution is 8.13. The molecule has 12 N–H and O–H groups in total. The summed E-state index contributed by atoms with van der Waals surface area (Å²) in [5, 5.41) is 45.0. The van der Waals surface area contributed by atoms with E-state index in [1.807, 2.05) is 0 Å². The van der Waals surface area contributed by atoms with Gasteiger partial charge in [0.25, 0.3) is 0 Å². The number of phosphoric ester groups is 3. The number of nitrogens with zero attached hydrogens (tertiary/aromatic N) is 4. The predicted octanol–water partition coefficient (Wildman–Crippen LogP) is 0.621. The van der Waals surface area contributed by atoms with Gasteiger partial charge >= 0.3 is 29.4 Å². The van der Waals surface area contributed by atoms with E-state index in [1.54, 1.807) is 0 Å².